The van der Waals surface area contributed by atoms with E-state index >= 15 is 0 Å². The Morgan fingerprint density at radius 1 is 1.14 bits per heavy atom. The van der Waals surface area contributed by atoms with Crippen molar-refractivity contribution < 1.29 is 8.81 Å². The number of rotatable bonds is 7. The maximum Gasteiger partial charge on any atom is 0.226 e. The van der Waals surface area contributed by atoms with Crippen LogP contribution in [0.1, 0.15) is 18.2 Å². The average Bonchev–Trinajstić information content (AvgIpc) is 3.17. The van der Waals surface area contributed by atoms with Crippen LogP contribution in [0.4, 0.5) is 4.39 Å². The van der Waals surface area contributed by atoms with Crippen LogP contribution >= 0.6 is 0 Å². The molecule has 0 aliphatic heterocycles. The van der Waals surface area contributed by atoms with Crippen LogP contribution in [0.3, 0.4) is 0 Å². The molecule has 6 heteroatoms. The van der Waals surface area contributed by atoms with Gasteiger partial charge in [-0.1, -0.05) is 30.3 Å². The molecule has 0 saturated carbocycles. The minimum absolute atomic E-state index is 0.277. The van der Waals surface area contributed by atoms with E-state index in [0.717, 1.165) is 30.3 Å². The van der Waals surface area contributed by atoms with Crippen molar-refractivity contribution >= 4 is 5.96 Å². The van der Waals surface area contributed by atoms with Crippen LogP contribution in [0.2, 0.25) is 0 Å². The Kier molecular flexibility index (Phi) is 6.78. The summed E-state index contributed by atoms with van der Waals surface area (Å²) in [4.78, 5) is 11.3. The van der Waals surface area contributed by atoms with Crippen molar-refractivity contribution in [3.05, 3.63) is 77.9 Å². The molecule has 0 radical (unpaired) electrons. The van der Waals surface area contributed by atoms with E-state index in [-0.39, 0.29) is 5.82 Å². The highest BCUT2D eigenvalue weighted by atomic mass is 19.1. The first-order valence-electron chi connectivity index (χ1n) is 9.39. The molecule has 0 spiro atoms. The lowest BCUT2D eigenvalue weighted by Crippen LogP contribution is -2.38. The van der Waals surface area contributed by atoms with Gasteiger partial charge in [0.25, 0.3) is 0 Å². The molecule has 3 aromatic rings. The molecule has 0 fully saturated rings. The first-order chi connectivity index (χ1) is 13.7. The van der Waals surface area contributed by atoms with Crippen molar-refractivity contribution in [1.29, 1.82) is 0 Å². The fraction of sp³-hybridized carbons (Fsp3) is 0.273. The van der Waals surface area contributed by atoms with Gasteiger partial charge >= 0.3 is 0 Å². The fourth-order valence-electron chi connectivity index (χ4n) is 2.83. The van der Waals surface area contributed by atoms with Crippen LogP contribution in [-0.2, 0) is 13.0 Å². The number of aliphatic imine (C=N–C) groups is 1. The normalized spacial score (nSPS) is 11.5. The highest BCUT2D eigenvalue weighted by Crippen LogP contribution is 2.19. The average molecular weight is 380 g/mol. The van der Waals surface area contributed by atoms with Gasteiger partial charge in [0.2, 0.25) is 5.89 Å². The zero-order valence-corrected chi connectivity index (χ0v) is 16.2. The van der Waals surface area contributed by atoms with Crippen molar-refractivity contribution in [3.8, 4) is 11.5 Å². The van der Waals surface area contributed by atoms with Crippen molar-refractivity contribution in [2.45, 2.75) is 19.9 Å². The number of nitrogens with zero attached hydrogens (tertiary/aromatic N) is 3. The minimum Gasteiger partial charge on any atom is -0.444 e. The number of nitrogens with one attached hydrogen (secondary N) is 1. The predicted octanol–water partition coefficient (Wildman–Crippen LogP) is 4.12. The van der Waals surface area contributed by atoms with E-state index in [1.165, 1.54) is 17.7 Å². The van der Waals surface area contributed by atoms with Crippen LogP contribution in [0.5, 0.6) is 0 Å². The second-order valence-electron chi connectivity index (χ2n) is 6.48. The lowest BCUT2D eigenvalue weighted by Gasteiger charge is -2.22. The quantitative estimate of drug-likeness (QED) is 0.495. The number of hydrogen-bond donors (Lipinski definition) is 1. The van der Waals surface area contributed by atoms with E-state index in [0.29, 0.717) is 18.9 Å². The monoisotopic (exact) mass is 380 g/mol. The molecule has 0 bridgehead atoms. The molecule has 1 aromatic heterocycles. The molecule has 3 rings (SSSR count). The summed E-state index contributed by atoms with van der Waals surface area (Å²) < 4.78 is 18.6. The van der Waals surface area contributed by atoms with Gasteiger partial charge in [-0.25, -0.2) is 9.37 Å². The number of aromatic nitrogens is 1. The van der Waals surface area contributed by atoms with E-state index in [1.807, 2.05) is 25.2 Å². The molecule has 146 valence electrons. The van der Waals surface area contributed by atoms with Gasteiger partial charge in [-0.05, 0) is 36.8 Å². The van der Waals surface area contributed by atoms with Crippen LogP contribution in [0.25, 0.3) is 11.5 Å². The zero-order valence-electron chi connectivity index (χ0n) is 16.2. The van der Waals surface area contributed by atoms with Gasteiger partial charge in [0.05, 0.1) is 5.69 Å². The standard InChI is InChI=1S/C22H25FN4O/c1-3-24-22(27(2)15-17-7-5-4-6-8-17)25-14-13-20-16-28-21(26-20)18-9-11-19(23)12-10-18/h4-12,16H,3,13-15H2,1-2H3,(H,24,25). The lowest BCUT2D eigenvalue weighted by molar-refractivity contribution is 0.477. The second kappa shape index (κ2) is 9.69. The van der Waals surface area contributed by atoms with E-state index < -0.39 is 0 Å². The molecule has 1 heterocycles. The highest BCUT2D eigenvalue weighted by Gasteiger charge is 2.09. The van der Waals surface area contributed by atoms with Gasteiger partial charge < -0.3 is 14.6 Å². The first kappa shape index (κ1) is 19.6. The largest absolute Gasteiger partial charge is 0.444 e. The van der Waals surface area contributed by atoms with E-state index in [2.05, 4.69) is 34.3 Å². The Bertz CT molecular complexity index is 890. The molecule has 2 aromatic carbocycles. The molecule has 0 unspecified atom stereocenters. The summed E-state index contributed by atoms with van der Waals surface area (Å²) in [6.45, 7) is 4.23. The van der Waals surface area contributed by atoms with Crippen molar-refractivity contribution in [2.75, 3.05) is 20.1 Å². The Morgan fingerprint density at radius 3 is 2.61 bits per heavy atom. The first-order valence-corrected chi connectivity index (χ1v) is 9.39. The van der Waals surface area contributed by atoms with Crippen LogP contribution in [0.15, 0.2) is 70.3 Å². The summed E-state index contributed by atoms with van der Waals surface area (Å²) >= 11 is 0. The summed E-state index contributed by atoms with van der Waals surface area (Å²) in [5.74, 6) is 1.07. The molecular weight excluding hydrogens is 355 g/mol. The van der Waals surface area contributed by atoms with Crippen LogP contribution in [-0.4, -0.2) is 36.0 Å². The Morgan fingerprint density at radius 2 is 1.89 bits per heavy atom. The van der Waals surface area contributed by atoms with Crippen molar-refractivity contribution in [3.63, 3.8) is 0 Å². The Hall–Kier alpha value is -3.15. The molecule has 0 aliphatic carbocycles. The topological polar surface area (TPSA) is 53.7 Å². The number of oxazole rings is 1. The number of benzene rings is 2. The zero-order chi connectivity index (χ0) is 19.8. The van der Waals surface area contributed by atoms with Gasteiger partial charge in [0.15, 0.2) is 5.96 Å². The van der Waals surface area contributed by atoms with Gasteiger partial charge in [0.1, 0.15) is 12.1 Å². The molecule has 5 nitrogen and oxygen atoms in total. The van der Waals surface area contributed by atoms with Gasteiger partial charge in [-0.15, -0.1) is 0 Å². The number of guanidine groups is 1. The summed E-state index contributed by atoms with van der Waals surface area (Å²) in [6.07, 6.45) is 2.30. The predicted molar refractivity (Wildman–Crippen MR) is 109 cm³/mol. The maximum absolute atomic E-state index is 13.0. The molecular formula is C22H25FN4O. The van der Waals surface area contributed by atoms with Crippen LogP contribution in [0, 0.1) is 5.82 Å². The maximum atomic E-state index is 13.0. The fourth-order valence-corrected chi connectivity index (χ4v) is 2.83. The third-order valence-corrected chi connectivity index (χ3v) is 4.23. The number of halogens is 1. The van der Waals surface area contributed by atoms with Gasteiger partial charge in [-0.3, -0.25) is 4.99 Å². The molecule has 0 aliphatic rings. The second-order valence-corrected chi connectivity index (χ2v) is 6.48. The Labute approximate surface area is 164 Å². The third kappa shape index (κ3) is 5.42. The van der Waals surface area contributed by atoms with Crippen LogP contribution < -0.4 is 5.32 Å². The van der Waals surface area contributed by atoms with E-state index in [9.17, 15) is 4.39 Å². The van der Waals surface area contributed by atoms with Gasteiger partial charge in [-0.2, -0.15) is 0 Å². The molecule has 28 heavy (non-hydrogen) atoms. The summed E-state index contributed by atoms with van der Waals surface area (Å²) in [6, 6.07) is 16.4. The minimum atomic E-state index is -0.277. The van der Waals surface area contributed by atoms with E-state index in [4.69, 9.17) is 9.41 Å². The Balaban J connectivity index is 1.60. The lowest BCUT2D eigenvalue weighted by atomic mass is 10.2. The third-order valence-electron chi connectivity index (χ3n) is 4.23. The summed E-state index contributed by atoms with van der Waals surface area (Å²) in [5, 5.41) is 3.32. The number of hydrogen-bond acceptors (Lipinski definition) is 3. The highest BCUT2D eigenvalue weighted by molar-refractivity contribution is 5.79. The van der Waals surface area contributed by atoms with E-state index in [1.54, 1.807) is 18.4 Å². The summed E-state index contributed by atoms with van der Waals surface area (Å²) in [7, 11) is 2.03. The molecule has 1 N–H and O–H groups in total. The van der Waals surface area contributed by atoms with Gasteiger partial charge in [0, 0.05) is 38.7 Å². The van der Waals surface area contributed by atoms with Crippen molar-refractivity contribution in [1.82, 2.24) is 15.2 Å². The molecule has 0 atom stereocenters. The SMILES string of the molecule is CCNC(=NCCc1coc(-c2ccc(F)cc2)n1)N(C)Cc1ccccc1. The molecule has 0 amide bonds. The van der Waals surface area contributed by atoms with Crippen molar-refractivity contribution in [2.24, 2.45) is 4.99 Å². The molecule has 0 saturated heterocycles. The smallest absolute Gasteiger partial charge is 0.226 e. The summed E-state index contributed by atoms with van der Waals surface area (Å²) in [5.41, 5.74) is 2.81.